The van der Waals surface area contributed by atoms with Crippen LogP contribution in [0.3, 0.4) is 0 Å². The van der Waals surface area contributed by atoms with Gasteiger partial charge in [0.1, 0.15) is 23.9 Å². The predicted molar refractivity (Wildman–Crippen MR) is 121 cm³/mol. The summed E-state index contributed by atoms with van der Waals surface area (Å²) in [6.07, 6.45) is -1.16. The van der Waals surface area contributed by atoms with Crippen LogP contribution in [0.4, 0.5) is 0 Å². The number of hydrogen-bond donors (Lipinski definition) is 7. The second kappa shape index (κ2) is 12.5. The normalized spacial score (nSPS) is 17.5. The number of carbonyl (C=O) groups excluding carboxylic acids is 3. The third-order valence-corrected chi connectivity index (χ3v) is 5.55. The van der Waals surface area contributed by atoms with E-state index in [1.54, 1.807) is 12.1 Å². The topological polar surface area (TPSA) is 237 Å². The SMILES string of the molecule is NC(Cc1ccc(O)cc1)C(=O)NC(CC(=O)O)C(=O)N1CCCC1C(=O)NC(CC(=O)O)C(=O)O. The van der Waals surface area contributed by atoms with E-state index in [9.17, 15) is 39.0 Å². The van der Waals surface area contributed by atoms with Crippen LogP contribution in [0.15, 0.2) is 24.3 Å². The third kappa shape index (κ3) is 7.94. The Balaban J connectivity index is 2.11. The molecule has 14 heteroatoms. The number of amides is 3. The molecule has 1 aliphatic rings. The molecule has 1 aliphatic heterocycles. The molecule has 2 rings (SSSR count). The Kier molecular flexibility index (Phi) is 9.73. The zero-order valence-electron chi connectivity index (χ0n) is 19.1. The van der Waals surface area contributed by atoms with Gasteiger partial charge in [-0.25, -0.2) is 4.79 Å². The Morgan fingerprint density at radius 1 is 0.944 bits per heavy atom. The molecular weight excluding hydrogens is 480 g/mol. The molecule has 1 fully saturated rings. The highest BCUT2D eigenvalue weighted by molar-refractivity contribution is 5.96. The number of aliphatic carboxylic acids is 3. The number of likely N-dealkylation sites (tertiary alicyclic amines) is 1. The predicted octanol–water partition coefficient (Wildman–Crippen LogP) is -1.74. The van der Waals surface area contributed by atoms with Crippen molar-refractivity contribution in [1.29, 1.82) is 0 Å². The first-order valence-electron chi connectivity index (χ1n) is 11.0. The van der Waals surface area contributed by atoms with Gasteiger partial charge in [0.15, 0.2) is 0 Å². The molecule has 0 radical (unpaired) electrons. The van der Waals surface area contributed by atoms with Crippen LogP contribution in [0, 0.1) is 0 Å². The minimum Gasteiger partial charge on any atom is -0.508 e. The van der Waals surface area contributed by atoms with Crippen LogP contribution in [0.2, 0.25) is 0 Å². The second-order valence-electron chi connectivity index (χ2n) is 8.32. The summed E-state index contributed by atoms with van der Waals surface area (Å²) >= 11 is 0. The fourth-order valence-corrected chi connectivity index (χ4v) is 3.78. The summed E-state index contributed by atoms with van der Waals surface area (Å²) in [6.45, 7) is 0.0408. The van der Waals surface area contributed by atoms with E-state index in [-0.39, 0.29) is 25.1 Å². The molecule has 1 aromatic carbocycles. The maximum Gasteiger partial charge on any atom is 0.326 e. The zero-order valence-corrected chi connectivity index (χ0v) is 19.1. The molecule has 4 atom stereocenters. The quantitative estimate of drug-likeness (QED) is 0.167. The second-order valence-corrected chi connectivity index (χ2v) is 8.32. The smallest absolute Gasteiger partial charge is 0.326 e. The van der Waals surface area contributed by atoms with Gasteiger partial charge in [-0.1, -0.05) is 12.1 Å². The maximum atomic E-state index is 13.1. The van der Waals surface area contributed by atoms with Crippen LogP contribution in [0.1, 0.15) is 31.2 Å². The van der Waals surface area contributed by atoms with Crippen molar-refractivity contribution in [2.45, 2.75) is 56.3 Å². The molecule has 0 aliphatic carbocycles. The molecule has 1 saturated heterocycles. The molecule has 0 spiro atoms. The largest absolute Gasteiger partial charge is 0.508 e. The Bertz CT molecular complexity index is 1010. The van der Waals surface area contributed by atoms with E-state index in [1.807, 2.05) is 0 Å². The monoisotopic (exact) mass is 508 g/mol. The van der Waals surface area contributed by atoms with Gasteiger partial charge in [0, 0.05) is 6.54 Å². The number of carboxylic acids is 3. The lowest BCUT2D eigenvalue weighted by molar-refractivity contribution is -0.149. The van der Waals surface area contributed by atoms with Gasteiger partial charge >= 0.3 is 17.9 Å². The molecular formula is C22H28N4O10. The summed E-state index contributed by atoms with van der Waals surface area (Å²) in [5, 5.41) is 41.0. The summed E-state index contributed by atoms with van der Waals surface area (Å²) in [5.74, 6) is -6.98. The van der Waals surface area contributed by atoms with Crippen molar-refractivity contribution in [3.05, 3.63) is 29.8 Å². The van der Waals surface area contributed by atoms with Gasteiger partial charge in [-0.3, -0.25) is 24.0 Å². The van der Waals surface area contributed by atoms with Gasteiger partial charge in [-0.15, -0.1) is 0 Å². The van der Waals surface area contributed by atoms with Gasteiger partial charge in [0.2, 0.25) is 17.7 Å². The van der Waals surface area contributed by atoms with Crippen molar-refractivity contribution in [3.8, 4) is 5.75 Å². The van der Waals surface area contributed by atoms with Crippen LogP contribution >= 0.6 is 0 Å². The van der Waals surface area contributed by atoms with E-state index >= 15 is 0 Å². The Hall–Kier alpha value is -4.20. The van der Waals surface area contributed by atoms with Gasteiger partial charge in [-0.05, 0) is 37.0 Å². The molecule has 1 aromatic rings. The fourth-order valence-electron chi connectivity index (χ4n) is 3.78. The van der Waals surface area contributed by atoms with E-state index < -0.39 is 72.6 Å². The van der Waals surface area contributed by atoms with Crippen molar-refractivity contribution in [3.63, 3.8) is 0 Å². The van der Waals surface area contributed by atoms with Gasteiger partial charge in [0.05, 0.1) is 18.9 Å². The van der Waals surface area contributed by atoms with E-state index in [4.69, 9.17) is 15.9 Å². The molecule has 36 heavy (non-hydrogen) atoms. The van der Waals surface area contributed by atoms with Crippen molar-refractivity contribution < 1.29 is 49.2 Å². The number of nitrogens with one attached hydrogen (secondary N) is 2. The van der Waals surface area contributed by atoms with Crippen molar-refractivity contribution >= 4 is 35.6 Å². The molecule has 1 heterocycles. The number of nitrogens with two attached hydrogens (primary N) is 1. The highest BCUT2D eigenvalue weighted by atomic mass is 16.4. The number of carbonyl (C=O) groups is 6. The minimum atomic E-state index is -1.72. The number of aromatic hydroxyl groups is 1. The van der Waals surface area contributed by atoms with Crippen molar-refractivity contribution in [2.24, 2.45) is 5.73 Å². The molecule has 196 valence electrons. The van der Waals surface area contributed by atoms with Crippen LogP contribution in [-0.4, -0.2) is 91.7 Å². The van der Waals surface area contributed by atoms with Crippen LogP contribution in [-0.2, 0) is 35.2 Å². The molecule has 4 unspecified atom stereocenters. The number of carboxylic acid groups (broad SMARTS) is 3. The number of hydrogen-bond acceptors (Lipinski definition) is 8. The van der Waals surface area contributed by atoms with E-state index in [1.165, 1.54) is 12.1 Å². The van der Waals surface area contributed by atoms with E-state index in [2.05, 4.69) is 10.6 Å². The first kappa shape index (κ1) is 28.0. The van der Waals surface area contributed by atoms with Crippen LogP contribution in [0.5, 0.6) is 5.75 Å². The van der Waals surface area contributed by atoms with Gasteiger partial charge in [-0.2, -0.15) is 0 Å². The molecule has 0 bridgehead atoms. The van der Waals surface area contributed by atoms with Gasteiger partial charge in [0.25, 0.3) is 0 Å². The van der Waals surface area contributed by atoms with Crippen molar-refractivity contribution in [2.75, 3.05) is 6.54 Å². The number of phenolic OH excluding ortho intramolecular Hbond substituents is 1. The molecule has 3 amide bonds. The minimum absolute atomic E-state index is 0.0192. The number of phenols is 1. The standard InChI is InChI=1S/C22H28N4O10/c23-13(8-11-3-5-12(27)6-4-11)19(32)24-14(9-17(28)29)21(34)26-7-1-2-16(26)20(33)25-15(22(35)36)10-18(30)31/h3-6,13-16,27H,1-2,7-10,23H2,(H,24,32)(H,25,33)(H,28,29)(H,30,31)(H,35,36). The number of rotatable bonds is 12. The first-order chi connectivity index (χ1) is 16.9. The lowest BCUT2D eigenvalue weighted by Crippen LogP contribution is -2.57. The van der Waals surface area contributed by atoms with E-state index in [0.29, 0.717) is 12.0 Å². The molecule has 14 nitrogen and oxygen atoms in total. The lowest BCUT2D eigenvalue weighted by atomic mass is 10.0. The molecule has 0 aromatic heterocycles. The highest BCUT2D eigenvalue weighted by Crippen LogP contribution is 2.20. The summed E-state index contributed by atoms with van der Waals surface area (Å²) in [7, 11) is 0. The molecule has 0 saturated carbocycles. The average molecular weight is 508 g/mol. The first-order valence-corrected chi connectivity index (χ1v) is 11.0. The Morgan fingerprint density at radius 3 is 2.08 bits per heavy atom. The third-order valence-electron chi connectivity index (χ3n) is 5.55. The fraction of sp³-hybridized carbons (Fsp3) is 0.455. The number of nitrogens with zero attached hydrogens (tertiary/aromatic N) is 1. The van der Waals surface area contributed by atoms with Crippen molar-refractivity contribution in [1.82, 2.24) is 15.5 Å². The average Bonchev–Trinajstić information content (AvgIpc) is 3.28. The van der Waals surface area contributed by atoms with Crippen LogP contribution in [0.25, 0.3) is 0 Å². The lowest BCUT2D eigenvalue weighted by Gasteiger charge is -2.29. The summed E-state index contributed by atoms with van der Waals surface area (Å²) in [5.41, 5.74) is 6.52. The van der Waals surface area contributed by atoms with Gasteiger partial charge < -0.3 is 41.7 Å². The Labute approximate surface area is 205 Å². The summed E-state index contributed by atoms with van der Waals surface area (Å²) in [6, 6.07) is 0.301. The number of benzene rings is 1. The zero-order chi connectivity index (χ0) is 27.0. The summed E-state index contributed by atoms with van der Waals surface area (Å²) < 4.78 is 0. The summed E-state index contributed by atoms with van der Waals surface area (Å²) in [4.78, 5) is 72.9. The maximum absolute atomic E-state index is 13.1. The molecule has 8 N–H and O–H groups in total. The highest BCUT2D eigenvalue weighted by Gasteiger charge is 2.40. The van der Waals surface area contributed by atoms with E-state index in [0.717, 1.165) is 4.90 Å². The Morgan fingerprint density at radius 2 is 1.53 bits per heavy atom. The van der Waals surface area contributed by atoms with Crippen LogP contribution < -0.4 is 16.4 Å².